The molecule has 2 aromatic carbocycles. The van der Waals surface area contributed by atoms with E-state index in [0.29, 0.717) is 0 Å². The first-order valence-electron chi connectivity index (χ1n) is 10.3. The molecule has 1 aromatic heterocycles. The van der Waals surface area contributed by atoms with Gasteiger partial charge in [0, 0.05) is 41.9 Å². The zero-order valence-corrected chi connectivity index (χ0v) is 17.4. The van der Waals surface area contributed by atoms with E-state index < -0.39 is 5.97 Å². The molecule has 0 bridgehead atoms. The van der Waals surface area contributed by atoms with Crippen molar-refractivity contribution in [3.05, 3.63) is 64.8 Å². The zero-order valence-electron chi connectivity index (χ0n) is 17.4. The first kappa shape index (κ1) is 20.4. The number of aromatic amines is 1. The maximum Gasteiger partial charge on any atom is 0.335 e. The van der Waals surface area contributed by atoms with Crippen molar-refractivity contribution in [2.24, 2.45) is 5.92 Å². The predicted molar refractivity (Wildman–Crippen MR) is 116 cm³/mol. The smallest absolute Gasteiger partial charge is 0.335 e. The van der Waals surface area contributed by atoms with Gasteiger partial charge in [-0.25, -0.2) is 4.79 Å². The summed E-state index contributed by atoms with van der Waals surface area (Å²) in [5, 5.41) is 20.1. The Labute approximate surface area is 176 Å². The Hall–Kier alpha value is -2.83. The number of aliphatic hydroxyl groups excluding tert-OH is 1. The topological polar surface area (TPSA) is 85.8 Å². The molecule has 3 aromatic rings. The van der Waals surface area contributed by atoms with E-state index in [2.05, 4.69) is 28.9 Å². The van der Waals surface area contributed by atoms with E-state index in [1.165, 1.54) is 0 Å². The fourth-order valence-corrected chi connectivity index (χ4v) is 4.62. The van der Waals surface area contributed by atoms with E-state index in [1.54, 1.807) is 19.2 Å². The molecule has 3 N–H and O–H groups in total. The first-order chi connectivity index (χ1) is 14.5. The third kappa shape index (κ3) is 3.80. The van der Waals surface area contributed by atoms with Gasteiger partial charge in [0.05, 0.1) is 12.7 Å². The lowest BCUT2D eigenvalue weighted by Crippen LogP contribution is -2.37. The van der Waals surface area contributed by atoms with Gasteiger partial charge in [-0.15, -0.1) is 0 Å². The van der Waals surface area contributed by atoms with Crippen LogP contribution in [-0.2, 0) is 6.54 Å². The normalized spacial score (nSPS) is 19.8. The van der Waals surface area contributed by atoms with Gasteiger partial charge >= 0.3 is 5.97 Å². The van der Waals surface area contributed by atoms with Crippen LogP contribution >= 0.6 is 0 Å². The number of H-pyrrole nitrogens is 1. The summed E-state index contributed by atoms with van der Waals surface area (Å²) in [6.45, 7) is 3.83. The molecule has 2 unspecified atom stereocenters. The summed E-state index contributed by atoms with van der Waals surface area (Å²) in [6, 6.07) is 11.4. The number of likely N-dealkylation sites (tertiary alicyclic amines) is 1. The van der Waals surface area contributed by atoms with E-state index in [0.717, 1.165) is 59.3 Å². The summed E-state index contributed by atoms with van der Waals surface area (Å²) in [4.78, 5) is 17.0. The van der Waals surface area contributed by atoms with Gasteiger partial charge in [-0.1, -0.05) is 12.1 Å². The van der Waals surface area contributed by atoms with E-state index >= 15 is 0 Å². The monoisotopic (exact) mass is 408 g/mol. The Morgan fingerprint density at radius 1 is 1.27 bits per heavy atom. The van der Waals surface area contributed by atoms with Crippen LogP contribution in [0.4, 0.5) is 0 Å². The summed E-state index contributed by atoms with van der Waals surface area (Å²) in [5.74, 6) is 0.205. The summed E-state index contributed by atoms with van der Waals surface area (Å²) in [6.07, 6.45) is 3.73. The van der Waals surface area contributed by atoms with Crippen LogP contribution in [0.2, 0.25) is 0 Å². The number of piperidine rings is 1. The lowest BCUT2D eigenvalue weighted by molar-refractivity contribution is 0.0695. The van der Waals surface area contributed by atoms with Gasteiger partial charge in [0.2, 0.25) is 0 Å². The van der Waals surface area contributed by atoms with Crippen molar-refractivity contribution >= 4 is 16.9 Å². The third-order valence-electron chi connectivity index (χ3n) is 6.32. The molecule has 0 saturated carbocycles. The molecule has 0 spiro atoms. The van der Waals surface area contributed by atoms with Crippen LogP contribution in [0.25, 0.3) is 10.9 Å². The van der Waals surface area contributed by atoms with Crippen LogP contribution in [0.5, 0.6) is 5.75 Å². The van der Waals surface area contributed by atoms with Crippen molar-refractivity contribution in [3.8, 4) is 5.75 Å². The largest absolute Gasteiger partial charge is 0.496 e. The molecule has 30 heavy (non-hydrogen) atoms. The Morgan fingerprint density at radius 2 is 2.03 bits per heavy atom. The van der Waals surface area contributed by atoms with Gasteiger partial charge < -0.3 is 19.9 Å². The Kier molecular flexibility index (Phi) is 5.79. The van der Waals surface area contributed by atoms with Gasteiger partial charge in [0.15, 0.2) is 0 Å². The van der Waals surface area contributed by atoms with Crippen LogP contribution in [0.3, 0.4) is 0 Å². The fourth-order valence-electron chi connectivity index (χ4n) is 4.62. The second-order valence-electron chi connectivity index (χ2n) is 8.13. The van der Waals surface area contributed by atoms with Crippen LogP contribution < -0.4 is 4.74 Å². The van der Waals surface area contributed by atoms with Crippen LogP contribution in [0.1, 0.15) is 45.9 Å². The van der Waals surface area contributed by atoms with Crippen LogP contribution in [0.15, 0.2) is 42.6 Å². The number of carbonyl (C=O) groups is 1. The maximum atomic E-state index is 11.2. The lowest BCUT2D eigenvalue weighted by atomic mass is 9.86. The Balaban J connectivity index is 1.70. The van der Waals surface area contributed by atoms with Gasteiger partial charge in [-0.3, -0.25) is 4.90 Å². The number of methoxy groups -OCH3 is 1. The number of hydrogen-bond acceptors (Lipinski definition) is 4. The highest BCUT2D eigenvalue weighted by Gasteiger charge is 2.30. The minimum atomic E-state index is -0.922. The number of nitrogens with one attached hydrogen (secondary N) is 1. The highest BCUT2D eigenvalue weighted by molar-refractivity contribution is 5.88. The van der Waals surface area contributed by atoms with E-state index in [1.807, 2.05) is 18.3 Å². The van der Waals surface area contributed by atoms with Gasteiger partial charge in [-0.05, 0) is 67.6 Å². The Bertz CT molecular complexity index is 1040. The quantitative estimate of drug-likeness (QED) is 0.571. The summed E-state index contributed by atoms with van der Waals surface area (Å²) < 4.78 is 5.72. The molecule has 0 radical (unpaired) electrons. The van der Waals surface area contributed by atoms with Crippen molar-refractivity contribution in [2.45, 2.75) is 32.4 Å². The highest BCUT2D eigenvalue weighted by atomic mass is 16.5. The van der Waals surface area contributed by atoms with Crippen molar-refractivity contribution < 1.29 is 19.7 Å². The van der Waals surface area contributed by atoms with Crippen molar-refractivity contribution in [1.82, 2.24) is 9.88 Å². The van der Waals surface area contributed by atoms with Crippen LogP contribution in [0, 0.1) is 12.8 Å². The van der Waals surface area contributed by atoms with Crippen molar-refractivity contribution in [3.63, 3.8) is 0 Å². The molecule has 0 amide bonds. The number of aromatic carboxylic acids is 1. The SMILES string of the molecule is COc1cc(C)c2[nH]ccc2c1CN1CCC(CO)CC1c1ccc(C(=O)O)cc1. The molecule has 1 fully saturated rings. The standard InChI is InChI=1S/C24H28N2O4/c1-15-11-22(30-2)20(19-7-9-25-23(15)19)13-26-10-8-16(14-27)12-21(26)17-3-5-18(6-4-17)24(28)29/h3-7,9,11,16,21,25,27H,8,10,12-14H2,1-2H3,(H,28,29). The maximum absolute atomic E-state index is 11.2. The average molecular weight is 408 g/mol. The first-order valence-corrected chi connectivity index (χ1v) is 10.3. The molecule has 1 aliphatic heterocycles. The van der Waals surface area contributed by atoms with E-state index in [-0.39, 0.29) is 24.1 Å². The number of carboxylic acid groups (broad SMARTS) is 1. The van der Waals surface area contributed by atoms with Crippen molar-refractivity contribution in [2.75, 3.05) is 20.3 Å². The molecule has 158 valence electrons. The highest BCUT2D eigenvalue weighted by Crippen LogP contribution is 2.38. The second kappa shape index (κ2) is 8.50. The molecule has 1 aliphatic rings. The van der Waals surface area contributed by atoms with E-state index in [4.69, 9.17) is 4.74 Å². The molecule has 1 saturated heterocycles. The van der Waals surface area contributed by atoms with Crippen molar-refractivity contribution in [1.29, 1.82) is 0 Å². The average Bonchev–Trinajstić information content (AvgIpc) is 3.26. The predicted octanol–water partition coefficient (Wildman–Crippen LogP) is 4.13. The summed E-state index contributed by atoms with van der Waals surface area (Å²) in [5.41, 5.74) is 4.78. The number of aliphatic hydroxyl groups is 1. The number of nitrogens with zero attached hydrogens (tertiary/aromatic N) is 1. The molecule has 6 nitrogen and oxygen atoms in total. The number of hydrogen-bond donors (Lipinski definition) is 3. The number of aromatic nitrogens is 1. The van der Waals surface area contributed by atoms with E-state index in [9.17, 15) is 15.0 Å². The minimum Gasteiger partial charge on any atom is -0.496 e. The van der Waals surface area contributed by atoms with Gasteiger partial charge in [0.25, 0.3) is 0 Å². The molecule has 0 aliphatic carbocycles. The summed E-state index contributed by atoms with van der Waals surface area (Å²) >= 11 is 0. The fraction of sp³-hybridized carbons (Fsp3) is 0.375. The second-order valence-corrected chi connectivity index (χ2v) is 8.13. The number of benzene rings is 2. The van der Waals surface area contributed by atoms with Gasteiger partial charge in [0.1, 0.15) is 5.75 Å². The molecular formula is C24H28N2O4. The third-order valence-corrected chi connectivity index (χ3v) is 6.32. The number of rotatable bonds is 6. The molecule has 2 atom stereocenters. The number of fused-ring (bicyclic) bond motifs is 1. The lowest BCUT2D eigenvalue weighted by Gasteiger charge is -2.39. The molecule has 2 heterocycles. The molecule has 4 rings (SSSR count). The zero-order chi connectivity index (χ0) is 21.3. The van der Waals surface area contributed by atoms with Gasteiger partial charge in [-0.2, -0.15) is 0 Å². The molecule has 6 heteroatoms. The Morgan fingerprint density at radius 3 is 2.70 bits per heavy atom. The number of aryl methyl sites for hydroxylation is 1. The number of ether oxygens (including phenoxy) is 1. The number of carboxylic acids is 1. The minimum absolute atomic E-state index is 0.110. The summed E-state index contributed by atoms with van der Waals surface area (Å²) in [7, 11) is 1.71. The molecular weight excluding hydrogens is 380 g/mol. The van der Waals surface area contributed by atoms with Crippen LogP contribution in [-0.4, -0.2) is 46.3 Å².